The van der Waals surface area contributed by atoms with Gasteiger partial charge in [-0.05, 0) is 40.8 Å². The van der Waals surface area contributed by atoms with Gasteiger partial charge in [-0.1, -0.05) is 30.3 Å². The molecule has 1 aliphatic heterocycles. The Kier molecular flexibility index (Phi) is 5.23. The molecule has 1 unspecified atom stereocenters. The topological polar surface area (TPSA) is 58.1 Å². The Bertz CT molecular complexity index is 647. The van der Waals surface area contributed by atoms with Crippen LogP contribution in [0.5, 0.6) is 0 Å². The number of aryl methyl sites for hydroxylation is 1. The molecule has 5 nitrogen and oxygen atoms in total. The fourth-order valence-corrected chi connectivity index (χ4v) is 2.96. The van der Waals surface area contributed by atoms with E-state index in [-0.39, 0.29) is 11.9 Å². The summed E-state index contributed by atoms with van der Waals surface area (Å²) in [5.41, 5.74) is 1.32. The van der Waals surface area contributed by atoms with Gasteiger partial charge in [0.25, 0.3) is 0 Å². The van der Waals surface area contributed by atoms with Crippen molar-refractivity contribution in [3.63, 3.8) is 0 Å². The lowest BCUT2D eigenvalue weighted by molar-refractivity contribution is -0.128. The molecule has 3 rings (SSSR count). The van der Waals surface area contributed by atoms with Gasteiger partial charge >= 0.3 is 0 Å². The third-order valence-electron chi connectivity index (χ3n) is 3.96. The van der Waals surface area contributed by atoms with Crippen LogP contribution in [0.2, 0.25) is 0 Å². The van der Waals surface area contributed by atoms with E-state index in [1.165, 1.54) is 5.56 Å². The van der Waals surface area contributed by atoms with Crippen LogP contribution in [0.1, 0.15) is 18.4 Å². The maximum Gasteiger partial charge on any atom is 0.245 e. The summed E-state index contributed by atoms with van der Waals surface area (Å²) in [6.45, 7) is 1.59. The molecule has 0 radical (unpaired) electrons. The molecule has 1 aromatic carbocycles. The predicted molar refractivity (Wildman–Crippen MR) is 93.1 cm³/mol. The summed E-state index contributed by atoms with van der Waals surface area (Å²) in [4.78, 5) is 22.7. The largest absolute Gasteiger partial charge is 0.342 e. The highest BCUT2D eigenvalue weighted by atomic mass is 79.9. The average molecular weight is 375 g/mol. The van der Waals surface area contributed by atoms with Crippen molar-refractivity contribution in [2.45, 2.75) is 25.3 Å². The third-order valence-corrected chi connectivity index (χ3v) is 4.37. The van der Waals surface area contributed by atoms with Crippen molar-refractivity contribution in [2.75, 3.05) is 18.4 Å². The molecule has 23 heavy (non-hydrogen) atoms. The SMILES string of the molecule is O=C1C(Nc2ncc(Br)cn2)CCN1CCCc1ccccc1. The Morgan fingerprint density at radius 3 is 2.70 bits per heavy atom. The van der Waals surface area contributed by atoms with Crippen LogP contribution in [0, 0.1) is 0 Å². The monoisotopic (exact) mass is 374 g/mol. The van der Waals surface area contributed by atoms with Crippen LogP contribution in [-0.4, -0.2) is 39.9 Å². The van der Waals surface area contributed by atoms with E-state index in [9.17, 15) is 4.79 Å². The van der Waals surface area contributed by atoms with Crippen LogP contribution in [-0.2, 0) is 11.2 Å². The van der Waals surface area contributed by atoms with Gasteiger partial charge in [-0.3, -0.25) is 4.79 Å². The highest BCUT2D eigenvalue weighted by molar-refractivity contribution is 9.10. The van der Waals surface area contributed by atoms with Crippen molar-refractivity contribution in [1.29, 1.82) is 0 Å². The van der Waals surface area contributed by atoms with Gasteiger partial charge in [0.2, 0.25) is 11.9 Å². The molecule has 0 bridgehead atoms. The standard InChI is InChI=1S/C17H19BrN4O/c18-14-11-19-17(20-12-14)21-15-8-10-22(16(15)23)9-4-7-13-5-2-1-3-6-13/h1-3,5-6,11-12,15H,4,7-10H2,(H,19,20,21). The second-order valence-corrected chi connectivity index (χ2v) is 6.54. The number of likely N-dealkylation sites (tertiary alicyclic amines) is 1. The number of hydrogen-bond donors (Lipinski definition) is 1. The van der Waals surface area contributed by atoms with Crippen molar-refractivity contribution in [1.82, 2.24) is 14.9 Å². The van der Waals surface area contributed by atoms with Crippen molar-refractivity contribution in [3.05, 3.63) is 52.8 Å². The summed E-state index contributed by atoms with van der Waals surface area (Å²) < 4.78 is 0.823. The van der Waals surface area contributed by atoms with E-state index in [1.807, 2.05) is 11.0 Å². The van der Waals surface area contributed by atoms with Crippen LogP contribution < -0.4 is 5.32 Å². The lowest BCUT2D eigenvalue weighted by atomic mass is 10.1. The van der Waals surface area contributed by atoms with Crippen molar-refractivity contribution < 1.29 is 4.79 Å². The van der Waals surface area contributed by atoms with Crippen molar-refractivity contribution in [2.24, 2.45) is 0 Å². The second-order valence-electron chi connectivity index (χ2n) is 5.62. The number of nitrogens with zero attached hydrogens (tertiary/aromatic N) is 3. The summed E-state index contributed by atoms with van der Waals surface area (Å²) in [6, 6.07) is 10.2. The number of carbonyl (C=O) groups excluding carboxylic acids is 1. The maximum atomic E-state index is 12.4. The Morgan fingerprint density at radius 2 is 1.96 bits per heavy atom. The van der Waals surface area contributed by atoms with E-state index in [0.717, 1.165) is 36.8 Å². The van der Waals surface area contributed by atoms with Crippen LogP contribution >= 0.6 is 15.9 Å². The molecular formula is C17H19BrN4O. The molecule has 1 aromatic heterocycles. The van der Waals surface area contributed by atoms with Gasteiger partial charge in [0, 0.05) is 25.5 Å². The Balaban J connectivity index is 1.47. The number of hydrogen-bond acceptors (Lipinski definition) is 4. The van der Waals surface area contributed by atoms with Gasteiger partial charge in [0.1, 0.15) is 6.04 Å². The molecule has 2 aromatic rings. The molecule has 1 fully saturated rings. The number of nitrogens with one attached hydrogen (secondary N) is 1. The highest BCUT2D eigenvalue weighted by Crippen LogP contribution is 2.16. The summed E-state index contributed by atoms with van der Waals surface area (Å²) in [5, 5.41) is 3.12. The molecule has 1 atom stereocenters. The molecule has 1 amide bonds. The zero-order chi connectivity index (χ0) is 16.1. The number of amides is 1. The van der Waals surface area contributed by atoms with E-state index < -0.39 is 0 Å². The van der Waals surface area contributed by atoms with E-state index in [0.29, 0.717) is 5.95 Å². The molecule has 0 aliphatic carbocycles. The van der Waals surface area contributed by atoms with Crippen molar-refractivity contribution >= 4 is 27.8 Å². The molecule has 6 heteroatoms. The van der Waals surface area contributed by atoms with E-state index >= 15 is 0 Å². The lowest BCUT2D eigenvalue weighted by Gasteiger charge is -2.17. The number of rotatable bonds is 6. The molecule has 2 heterocycles. The van der Waals surface area contributed by atoms with Crippen LogP contribution in [0.15, 0.2) is 47.2 Å². The first kappa shape index (κ1) is 15.9. The Labute approximate surface area is 144 Å². The summed E-state index contributed by atoms with van der Waals surface area (Å²) >= 11 is 3.30. The molecule has 1 N–H and O–H groups in total. The number of anilines is 1. The van der Waals surface area contributed by atoms with Gasteiger partial charge in [0.15, 0.2) is 0 Å². The van der Waals surface area contributed by atoms with Gasteiger partial charge in [-0.2, -0.15) is 0 Å². The minimum absolute atomic E-state index is 0.143. The quantitative estimate of drug-likeness (QED) is 0.844. The summed E-state index contributed by atoms with van der Waals surface area (Å²) in [5.74, 6) is 0.641. The minimum atomic E-state index is -0.215. The normalized spacial score (nSPS) is 17.5. The van der Waals surface area contributed by atoms with Crippen LogP contribution in [0.25, 0.3) is 0 Å². The third kappa shape index (κ3) is 4.28. The fraction of sp³-hybridized carbons (Fsp3) is 0.353. The van der Waals surface area contributed by atoms with Crippen LogP contribution in [0.3, 0.4) is 0 Å². The average Bonchev–Trinajstić information content (AvgIpc) is 2.91. The number of aromatic nitrogens is 2. The first-order chi connectivity index (χ1) is 11.2. The molecule has 0 spiro atoms. The van der Waals surface area contributed by atoms with Gasteiger partial charge < -0.3 is 10.2 Å². The highest BCUT2D eigenvalue weighted by Gasteiger charge is 2.31. The van der Waals surface area contributed by atoms with Gasteiger partial charge in [-0.25, -0.2) is 9.97 Å². The summed E-state index contributed by atoms with van der Waals surface area (Å²) in [6.07, 6.45) is 6.12. The minimum Gasteiger partial charge on any atom is -0.342 e. The molecule has 0 saturated carbocycles. The maximum absolute atomic E-state index is 12.4. The molecule has 1 saturated heterocycles. The zero-order valence-electron chi connectivity index (χ0n) is 12.8. The van der Waals surface area contributed by atoms with Gasteiger partial charge in [-0.15, -0.1) is 0 Å². The molecular weight excluding hydrogens is 356 g/mol. The van der Waals surface area contributed by atoms with E-state index in [2.05, 4.69) is 55.5 Å². The Hall–Kier alpha value is -1.95. The Morgan fingerprint density at radius 1 is 1.22 bits per heavy atom. The molecule has 1 aliphatic rings. The first-order valence-corrected chi connectivity index (χ1v) is 8.58. The number of benzene rings is 1. The molecule has 120 valence electrons. The smallest absolute Gasteiger partial charge is 0.245 e. The number of halogens is 1. The first-order valence-electron chi connectivity index (χ1n) is 7.79. The summed E-state index contributed by atoms with van der Waals surface area (Å²) in [7, 11) is 0. The fourth-order valence-electron chi connectivity index (χ4n) is 2.76. The lowest BCUT2D eigenvalue weighted by Crippen LogP contribution is -2.34. The predicted octanol–water partition coefficient (Wildman–Crippen LogP) is 2.88. The van der Waals surface area contributed by atoms with Gasteiger partial charge in [0.05, 0.1) is 4.47 Å². The zero-order valence-corrected chi connectivity index (χ0v) is 14.4. The second kappa shape index (κ2) is 7.55. The number of carbonyl (C=O) groups is 1. The van der Waals surface area contributed by atoms with Crippen molar-refractivity contribution in [3.8, 4) is 0 Å². The van der Waals surface area contributed by atoms with E-state index in [4.69, 9.17) is 0 Å². The van der Waals surface area contributed by atoms with E-state index in [1.54, 1.807) is 12.4 Å². The van der Waals surface area contributed by atoms with Crippen LogP contribution in [0.4, 0.5) is 5.95 Å².